The molecule has 0 saturated heterocycles. The average molecular weight is 326 g/mol. The summed E-state index contributed by atoms with van der Waals surface area (Å²) in [6, 6.07) is -0.428. The van der Waals surface area contributed by atoms with Gasteiger partial charge in [-0.2, -0.15) is 0 Å². The number of rotatable bonds is 14. The summed E-state index contributed by atoms with van der Waals surface area (Å²) >= 11 is 0. The highest BCUT2D eigenvalue weighted by Crippen LogP contribution is 2.08. The van der Waals surface area contributed by atoms with Gasteiger partial charge < -0.3 is 16.8 Å². The van der Waals surface area contributed by atoms with E-state index in [9.17, 15) is 4.79 Å². The zero-order valence-corrected chi connectivity index (χ0v) is 14.2. The van der Waals surface area contributed by atoms with Crippen molar-refractivity contribution in [2.45, 2.75) is 64.3 Å². The number of hydrogen-bond donors (Lipinski definition) is 6. The smallest absolute Gasteiger partial charge is 0.219 e. The Hall–Kier alpha value is -1.83. The molecule has 8 nitrogen and oxygen atoms in total. The average Bonchev–Trinajstić information content (AvgIpc) is 2.49. The van der Waals surface area contributed by atoms with Crippen LogP contribution in [0.2, 0.25) is 0 Å². The lowest BCUT2D eigenvalue weighted by Gasteiger charge is -2.28. The Labute approximate surface area is 139 Å². The molecule has 133 valence electrons. The zero-order chi connectivity index (χ0) is 17.5. The first-order valence-electron chi connectivity index (χ1n) is 8.34. The molecule has 0 saturated carbocycles. The molecule has 1 atom stereocenters. The topological polar surface area (TPSA) is 144 Å². The van der Waals surface area contributed by atoms with Gasteiger partial charge in [-0.3, -0.25) is 21.0 Å². The van der Waals surface area contributed by atoms with Crippen molar-refractivity contribution in [2.75, 3.05) is 13.1 Å². The van der Waals surface area contributed by atoms with Gasteiger partial charge in [-0.1, -0.05) is 32.6 Å². The maximum atomic E-state index is 11.2. The van der Waals surface area contributed by atoms with Crippen molar-refractivity contribution < 1.29 is 4.79 Å². The minimum Gasteiger partial charge on any atom is -0.370 e. The highest BCUT2D eigenvalue weighted by Gasteiger charge is 2.18. The molecule has 0 aliphatic carbocycles. The van der Waals surface area contributed by atoms with E-state index in [1.54, 1.807) is 5.01 Å². The molecule has 0 rings (SSSR count). The van der Waals surface area contributed by atoms with Crippen LogP contribution in [0.25, 0.3) is 0 Å². The quantitative estimate of drug-likeness (QED) is 0.120. The summed E-state index contributed by atoms with van der Waals surface area (Å²) in [4.78, 5) is 11.2. The van der Waals surface area contributed by atoms with Crippen LogP contribution < -0.4 is 22.2 Å². The summed E-state index contributed by atoms with van der Waals surface area (Å²) in [6.45, 7) is 3.44. The minimum atomic E-state index is -0.428. The van der Waals surface area contributed by atoms with Crippen molar-refractivity contribution in [3.63, 3.8) is 0 Å². The molecule has 1 radical (unpaired) electrons. The Bertz CT molecular complexity index is 349. The summed E-state index contributed by atoms with van der Waals surface area (Å²) in [5.41, 5.74) is 13.4. The first-order chi connectivity index (χ1) is 11.0. The molecule has 0 heterocycles. The second-order valence-corrected chi connectivity index (χ2v) is 5.60. The van der Waals surface area contributed by atoms with Gasteiger partial charge in [-0.05, 0) is 25.7 Å². The summed E-state index contributed by atoms with van der Waals surface area (Å²) in [6.07, 6.45) is 9.89. The first kappa shape index (κ1) is 21.2. The van der Waals surface area contributed by atoms with E-state index in [0.29, 0.717) is 19.5 Å². The molecule has 0 aromatic rings. The maximum absolute atomic E-state index is 11.2. The Morgan fingerprint density at radius 3 is 2.35 bits per heavy atom. The molecule has 0 bridgehead atoms. The Morgan fingerprint density at radius 2 is 1.78 bits per heavy atom. The second kappa shape index (κ2) is 13.8. The molecule has 0 amide bonds. The van der Waals surface area contributed by atoms with Crippen molar-refractivity contribution in [3.05, 3.63) is 0 Å². The van der Waals surface area contributed by atoms with E-state index in [1.807, 2.05) is 6.29 Å². The van der Waals surface area contributed by atoms with Crippen LogP contribution in [0, 0.1) is 10.8 Å². The Balaban J connectivity index is 4.20. The summed E-state index contributed by atoms with van der Waals surface area (Å²) < 4.78 is 0. The fourth-order valence-corrected chi connectivity index (χ4v) is 2.29. The van der Waals surface area contributed by atoms with E-state index in [2.05, 4.69) is 17.7 Å². The second-order valence-electron chi connectivity index (χ2n) is 5.60. The van der Waals surface area contributed by atoms with E-state index >= 15 is 0 Å². The molecule has 8 heteroatoms. The van der Waals surface area contributed by atoms with Gasteiger partial charge in [0.2, 0.25) is 12.2 Å². The fourth-order valence-electron chi connectivity index (χ4n) is 2.29. The number of guanidine groups is 2. The van der Waals surface area contributed by atoms with Crippen molar-refractivity contribution in [1.29, 1.82) is 10.8 Å². The number of carbonyl (C=O) groups excluding carboxylic acids is 1. The van der Waals surface area contributed by atoms with Crippen molar-refractivity contribution in [1.82, 2.24) is 15.8 Å². The van der Waals surface area contributed by atoms with Gasteiger partial charge in [0, 0.05) is 13.1 Å². The summed E-state index contributed by atoms with van der Waals surface area (Å²) in [5, 5.41) is 18.9. The molecule has 0 aliphatic heterocycles. The monoisotopic (exact) mass is 326 g/mol. The van der Waals surface area contributed by atoms with Crippen LogP contribution in [0.4, 0.5) is 0 Å². The highest BCUT2D eigenvalue weighted by atomic mass is 16.1. The molecule has 0 fully saturated rings. The predicted octanol–water partition coefficient (Wildman–Crippen LogP) is 0.789. The van der Waals surface area contributed by atoms with Crippen molar-refractivity contribution in [3.8, 4) is 0 Å². The fraction of sp³-hybridized carbons (Fsp3) is 0.800. The lowest BCUT2D eigenvalue weighted by Crippen LogP contribution is -2.51. The molecule has 0 unspecified atom stereocenters. The van der Waals surface area contributed by atoms with Gasteiger partial charge in [-0.25, -0.2) is 5.01 Å². The Morgan fingerprint density at radius 1 is 1.09 bits per heavy atom. The SMILES string of the molecule is CCCCCCCN(NC(=N)N)[C@H]([C]=O)CCCCNC(=N)N. The molecule has 0 aromatic heterocycles. The lowest BCUT2D eigenvalue weighted by atomic mass is 10.1. The van der Waals surface area contributed by atoms with Crippen LogP contribution in [0.3, 0.4) is 0 Å². The molecule has 23 heavy (non-hydrogen) atoms. The highest BCUT2D eigenvalue weighted by molar-refractivity contribution is 5.74. The summed E-state index contributed by atoms with van der Waals surface area (Å²) in [5.74, 6) is -0.215. The van der Waals surface area contributed by atoms with Crippen molar-refractivity contribution in [2.24, 2.45) is 11.5 Å². The number of nitrogens with one attached hydrogen (secondary N) is 4. The molecule has 0 aliphatic rings. The van der Waals surface area contributed by atoms with E-state index in [4.69, 9.17) is 22.3 Å². The van der Waals surface area contributed by atoms with Gasteiger partial charge >= 0.3 is 0 Å². The number of hydrazine groups is 1. The van der Waals surface area contributed by atoms with E-state index in [0.717, 1.165) is 25.7 Å². The van der Waals surface area contributed by atoms with Gasteiger partial charge in [0.15, 0.2) is 5.96 Å². The maximum Gasteiger partial charge on any atom is 0.219 e. The third-order valence-corrected chi connectivity index (χ3v) is 3.50. The lowest BCUT2D eigenvalue weighted by molar-refractivity contribution is 0.184. The molecule has 8 N–H and O–H groups in total. The molecular weight excluding hydrogens is 294 g/mol. The minimum absolute atomic E-state index is 0.0459. The number of hydrogen-bond acceptors (Lipinski definition) is 4. The normalized spacial score (nSPS) is 11.9. The third-order valence-electron chi connectivity index (χ3n) is 3.50. The molecule has 0 aromatic carbocycles. The number of nitrogens with zero attached hydrogens (tertiary/aromatic N) is 1. The van der Waals surface area contributed by atoms with E-state index in [1.165, 1.54) is 19.3 Å². The third kappa shape index (κ3) is 12.4. The number of unbranched alkanes of at least 4 members (excludes halogenated alkanes) is 5. The Kier molecular flexibility index (Phi) is 12.7. The van der Waals surface area contributed by atoms with Gasteiger partial charge in [-0.15, -0.1) is 0 Å². The van der Waals surface area contributed by atoms with Crippen molar-refractivity contribution >= 4 is 18.2 Å². The largest absolute Gasteiger partial charge is 0.370 e. The first-order valence-corrected chi connectivity index (χ1v) is 8.34. The van der Waals surface area contributed by atoms with Gasteiger partial charge in [0.25, 0.3) is 0 Å². The van der Waals surface area contributed by atoms with Gasteiger partial charge in [0.1, 0.15) is 0 Å². The van der Waals surface area contributed by atoms with Crippen LogP contribution in [0.5, 0.6) is 0 Å². The van der Waals surface area contributed by atoms with Crippen LogP contribution in [0.1, 0.15) is 58.3 Å². The van der Waals surface area contributed by atoms with E-state index in [-0.39, 0.29) is 11.9 Å². The van der Waals surface area contributed by atoms with Gasteiger partial charge in [0.05, 0.1) is 6.04 Å². The standard InChI is InChI=1S/C15H32N7O/c1-2-3-4-5-8-11-22(21-15(18)19)13(12-23)9-6-7-10-20-14(16)17/h13H,2-11H2,1H3,(H4,16,17,20)(H4,18,19,21)/t13-/m0/s1. The molecular formula is C15H32N7O. The molecule has 0 spiro atoms. The van der Waals surface area contributed by atoms with Crippen LogP contribution in [-0.2, 0) is 4.79 Å². The van der Waals surface area contributed by atoms with Crippen LogP contribution in [-0.4, -0.2) is 42.3 Å². The predicted molar refractivity (Wildman–Crippen MR) is 93.8 cm³/mol. The van der Waals surface area contributed by atoms with E-state index < -0.39 is 6.04 Å². The van der Waals surface area contributed by atoms with Crippen LogP contribution >= 0.6 is 0 Å². The van der Waals surface area contributed by atoms with Crippen LogP contribution in [0.15, 0.2) is 0 Å². The summed E-state index contributed by atoms with van der Waals surface area (Å²) in [7, 11) is 0. The number of nitrogens with two attached hydrogens (primary N) is 2. The zero-order valence-electron chi connectivity index (χ0n) is 14.2.